The molecule has 8 heteroatoms. The van der Waals surface area contributed by atoms with Gasteiger partial charge < -0.3 is 5.11 Å². The van der Waals surface area contributed by atoms with Crippen LogP contribution in [0.2, 0.25) is 0 Å². The van der Waals surface area contributed by atoms with Gasteiger partial charge in [0.2, 0.25) is 5.13 Å². The van der Waals surface area contributed by atoms with E-state index in [1.807, 2.05) is 24.3 Å². The third-order valence-corrected chi connectivity index (χ3v) is 4.59. The van der Waals surface area contributed by atoms with E-state index in [-0.39, 0.29) is 11.4 Å². The number of hydrogen-bond acceptors (Lipinski definition) is 7. The number of non-ortho nitro benzene ring substituents is 1. The summed E-state index contributed by atoms with van der Waals surface area (Å²) in [6.45, 7) is 0. The number of thiazole rings is 1. The number of benzene rings is 3. The summed E-state index contributed by atoms with van der Waals surface area (Å²) in [7, 11) is 0. The molecule has 0 radical (unpaired) electrons. The van der Waals surface area contributed by atoms with Crippen molar-refractivity contribution in [3.8, 4) is 5.75 Å². The molecule has 25 heavy (non-hydrogen) atoms. The molecule has 4 aromatic rings. The maximum absolute atomic E-state index is 10.8. The number of phenols is 1. The van der Waals surface area contributed by atoms with E-state index < -0.39 is 4.92 Å². The number of nitro groups is 1. The highest BCUT2D eigenvalue weighted by Gasteiger charge is 2.11. The van der Waals surface area contributed by atoms with Crippen LogP contribution in [0.25, 0.3) is 21.0 Å². The molecule has 0 bridgehead atoms. The molecule has 1 N–H and O–H groups in total. The molecule has 1 heterocycles. The van der Waals surface area contributed by atoms with Crippen LogP contribution < -0.4 is 0 Å². The number of azo groups is 1. The predicted molar refractivity (Wildman–Crippen MR) is 96.1 cm³/mol. The molecule has 0 spiro atoms. The minimum atomic E-state index is -0.450. The van der Waals surface area contributed by atoms with Crippen molar-refractivity contribution in [2.45, 2.75) is 0 Å². The van der Waals surface area contributed by atoms with Crippen molar-refractivity contribution in [3.63, 3.8) is 0 Å². The van der Waals surface area contributed by atoms with E-state index in [2.05, 4.69) is 15.2 Å². The molecule has 0 fully saturated rings. The normalized spacial score (nSPS) is 11.5. The standard InChI is InChI=1S/C17H10N4O3S/c22-14-8-5-10-3-1-2-4-12(10)16(14)19-20-17-18-13-7-6-11(21(23)24)9-15(13)25-17/h1-9,22H. The van der Waals surface area contributed by atoms with Gasteiger partial charge in [0.25, 0.3) is 5.69 Å². The summed E-state index contributed by atoms with van der Waals surface area (Å²) in [5.41, 5.74) is 0.987. The summed E-state index contributed by atoms with van der Waals surface area (Å²) in [6.07, 6.45) is 0. The first-order valence-electron chi connectivity index (χ1n) is 7.29. The number of aromatic hydroxyl groups is 1. The van der Waals surface area contributed by atoms with Crippen LogP contribution in [0.5, 0.6) is 5.75 Å². The molecule has 0 saturated heterocycles. The molecule has 122 valence electrons. The first-order chi connectivity index (χ1) is 12.1. The Labute approximate surface area is 145 Å². The number of rotatable bonds is 3. The monoisotopic (exact) mass is 350 g/mol. The van der Waals surface area contributed by atoms with Crippen molar-refractivity contribution in [1.29, 1.82) is 0 Å². The fourth-order valence-electron chi connectivity index (χ4n) is 2.50. The van der Waals surface area contributed by atoms with Crippen LogP contribution in [0.1, 0.15) is 0 Å². The second-order valence-corrected chi connectivity index (χ2v) is 6.27. The smallest absolute Gasteiger partial charge is 0.270 e. The van der Waals surface area contributed by atoms with Crippen molar-refractivity contribution in [1.82, 2.24) is 4.98 Å². The van der Waals surface area contributed by atoms with Gasteiger partial charge in [-0.2, -0.15) is 0 Å². The van der Waals surface area contributed by atoms with Crippen LogP contribution >= 0.6 is 11.3 Å². The van der Waals surface area contributed by atoms with E-state index in [4.69, 9.17) is 0 Å². The van der Waals surface area contributed by atoms with Crippen LogP contribution in [0, 0.1) is 10.1 Å². The van der Waals surface area contributed by atoms with Gasteiger partial charge in [0, 0.05) is 17.5 Å². The zero-order chi connectivity index (χ0) is 17.4. The first kappa shape index (κ1) is 15.2. The number of nitro benzene ring substituents is 1. The summed E-state index contributed by atoms with van der Waals surface area (Å²) in [5, 5.41) is 31.3. The Morgan fingerprint density at radius 2 is 1.92 bits per heavy atom. The Bertz CT molecular complexity index is 1150. The zero-order valence-corrected chi connectivity index (χ0v) is 13.5. The van der Waals surface area contributed by atoms with E-state index in [1.54, 1.807) is 18.2 Å². The lowest BCUT2D eigenvalue weighted by Crippen LogP contribution is -1.85. The first-order valence-corrected chi connectivity index (χ1v) is 8.11. The predicted octanol–water partition coefficient (Wildman–Crippen LogP) is 5.48. The molecular weight excluding hydrogens is 340 g/mol. The number of phenolic OH excluding ortho intramolecular Hbond substituents is 1. The van der Waals surface area contributed by atoms with E-state index in [0.717, 1.165) is 10.8 Å². The second kappa shape index (κ2) is 5.91. The van der Waals surface area contributed by atoms with E-state index in [1.165, 1.54) is 23.5 Å². The van der Waals surface area contributed by atoms with Gasteiger partial charge in [0.05, 0.1) is 15.1 Å². The van der Waals surface area contributed by atoms with Crippen molar-refractivity contribution in [3.05, 3.63) is 64.7 Å². The highest BCUT2D eigenvalue weighted by molar-refractivity contribution is 7.21. The molecule has 7 nitrogen and oxygen atoms in total. The summed E-state index contributed by atoms with van der Waals surface area (Å²) in [4.78, 5) is 14.7. The van der Waals surface area contributed by atoms with Crippen LogP contribution in [0.15, 0.2) is 64.8 Å². The van der Waals surface area contributed by atoms with Gasteiger partial charge in [-0.1, -0.05) is 41.7 Å². The highest BCUT2D eigenvalue weighted by atomic mass is 32.1. The Balaban J connectivity index is 1.76. The minimum absolute atomic E-state index is 0.00587. The van der Waals surface area contributed by atoms with Gasteiger partial charge in [-0.15, -0.1) is 10.2 Å². The molecule has 0 amide bonds. The fraction of sp³-hybridized carbons (Fsp3) is 0. The van der Waals surface area contributed by atoms with Gasteiger partial charge in [0.1, 0.15) is 11.4 Å². The van der Waals surface area contributed by atoms with Gasteiger partial charge in [-0.05, 0) is 17.5 Å². The molecule has 0 saturated carbocycles. The number of aromatic nitrogens is 1. The zero-order valence-electron chi connectivity index (χ0n) is 12.7. The van der Waals surface area contributed by atoms with E-state index in [9.17, 15) is 15.2 Å². The number of fused-ring (bicyclic) bond motifs is 2. The second-order valence-electron chi connectivity index (χ2n) is 5.26. The molecule has 0 aliphatic heterocycles. The van der Waals surface area contributed by atoms with Gasteiger partial charge in [0.15, 0.2) is 0 Å². The van der Waals surface area contributed by atoms with Gasteiger partial charge >= 0.3 is 0 Å². The Kier molecular flexibility index (Phi) is 3.58. The lowest BCUT2D eigenvalue weighted by molar-refractivity contribution is -0.384. The van der Waals surface area contributed by atoms with E-state index >= 15 is 0 Å². The molecule has 0 aliphatic rings. The average Bonchev–Trinajstić information content (AvgIpc) is 3.02. The fourth-order valence-corrected chi connectivity index (χ4v) is 3.32. The van der Waals surface area contributed by atoms with Crippen LogP contribution in [-0.2, 0) is 0 Å². The highest BCUT2D eigenvalue weighted by Crippen LogP contribution is 2.37. The number of nitrogens with zero attached hydrogens (tertiary/aromatic N) is 4. The average molecular weight is 350 g/mol. The molecule has 0 unspecified atom stereocenters. The molecule has 4 rings (SSSR count). The third-order valence-electron chi connectivity index (χ3n) is 3.69. The topological polar surface area (TPSA) is 101 Å². The SMILES string of the molecule is O=[N+]([O-])c1ccc2nc(N=Nc3c(O)ccc4ccccc34)sc2c1. The van der Waals surface area contributed by atoms with Crippen molar-refractivity contribution < 1.29 is 10.0 Å². The third kappa shape index (κ3) is 2.79. The van der Waals surface area contributed by atoms with Crippen molar-refractivity contribution in [2.24, 2.45) is 10.2 Å². The van der Waals surface area contributed by atoms with Gasteiger partial charge in [-0.25, -0.2) is 4.98 Å². The van der Waals surface area contributed by atoms with Crippen molar-refractivity contribution in [2.75, 3.05) is 0 Å². The maximum atomic E-state index is 10.8. The van der Waals surface area contributed by atoms with Gasteiger partial charge in [-0.3, -0.25) is 10.1 Å². The summed E-state index contributed by atoms with van der Waals surface area (Å²) < 4.78 is 0.658. The van der Waals surface area contributed by atoms with Crippen LogP contribution in [-0.4, -0.2) is 15.0 Å². The minimum Gasteiger partial charge on any atom is -0.506 e. The summed E-state index contributed by atoms with van der Waals surface area (Å²) >= 11 is 1.20. The summed E-state index contributed by atoms with van der Waals surface area (Å²) in [5.74, 6) is 0.0270. The van der Waals surface area contributed by atoms with Crippen LogP contribution in [0.3, 0.4) is 0 Å². The van der Waals surface area contributed by atoms with E-state index in [0.29, 0.717) is 21.0 Å². The lowest BCUT2D eigenvalue weighted by atomic mass is 10.1. The molecule has 0 atom stereocenters. The molecular formula is C17H10N4O3S. The lowest BCUT2D eigenvalue weighted by Gasteiger charge is -2.02. The molecule has 3 aromatic carbocycles. The Hall–Kier alpha value is -3.39. The quantitative estimate of drug-likeness (QED) is 0.300. The molecule has 0 aliphatic carbocycles. The number of hydrogen-bond donors (Lipinski definition) is 1. The largest absolute Gasteiger partial charge is 0.506 e. The Morgan fingerprint density at radius 3 is 2.76 bits per heavy atom. The summed E-state index contributed by atoms with van der Waals surface area (Å²) in [6, 6.07) is 15.4. The van der Waals surface area contributed by atoms with Crippen molar-refractivity contribution >= 4 is 48.8 Å². The Morgan fingerprint density at radius 1 is 1.08 bits per heavy atom. The maximum Gasteiger partial charge on any atom is 0.270 e. The molecule has 1 aromatic heterocycles. The van der Waals surface area contributed by atoms with Crippen LogP contribution in [0.4, 0.5) is 16.5 Å².